The molecule has 3 rings (SSSR count). The first kappa shape index (κ1) is 32.5. The van der Waals surface area contributed by atoms with Crippen LogP contribution in [-0.4, -0.2) is 62.9 Å². The van der Waals surface area contributed by atoms with Crippen LogP contribution in [0.15, 0.2) is 46.1 Å². The molecule has 0 radical (unpaired) electrons. The molecule has 0 saturated carbocycles. The van der Waals surface area contributed by atoms with Crippen molar-refractivity contribution in [3.05, 3.63) is 62.9 Å². The number of benzene rings is 1. The highest BCUT2D eigenvalue weighted by Crippen LogP contribution is 2.45. The summed E-state index contributed by atoms with van der Waals surface area (Å²) in [6, 6.07) is 8.59. The number of hydrogen-bond donors (Lipinski definition) is 1. The Morgan fingerprint density at radius 2 is 1.40 bits per heavy atom. The Labute approximate surface area is 240 Å². The van der Waals surface area contributed by atoms with E-state index in [-0.39, 0.29) is 23.2 Å². The van der Waals surface area contributed by atoms with E-state index in [9.17, 15) is 14.7 Å². The zero-order valence-electron chi connectivity index (χ0n) is 26.0. The van der Waals surface area contributed by atoms with Crippen molar-refractivity contribution in [3.8, 4) is 5.75 Å². The Hall–Kier alpha value is -2.03. The van der Waals surface area contributed by atoms with Gasteiger partial charge in [0.1, 0.15) is 24.1 Å². The van der Waals surface area contributed by atoms with Crippen LogP contribution in [0, 0.1) is 0 Å². The lowest BCUT2D eigenvalue weighted by atomic mass is 10.1. The minimum Gasteiger partial charge on any atom is -0.497 e. The lowest BCUT2D eigenvalue weighted by Crippen LogP contribution is -2.54. The fourth-order valence-electron chi connectivity index (χ4n) is 4.16. The molecule has 11 heteroatoms. The van der Waals surface area contributed by atoms with Gasteiger partial charge < -0.3 is 23.4 Å². The van der Waals surface area contributed by atoms with Gasteiger partial charge in [-0.2, -0.15) is 0 Å². The number of methoxy groups -OCH3 is 1. The number of aromatic nitrogens is 2. The van der Waals surface area contributed by atoms with Crippen LogP contribution in [0.4, 0.5) is 0 Å². The zero-order valence-corrected chi connectivity index (χ0v) is 28.0. The fraction of sp³-hybridized carbons (Fsp3) is 0.655. The van der Waals surface area contributed by atoms with Crippen molar-refractivity contribution >= 4 is 16.6 Å². The number of rotatable bonds is 9. The molecule has 1 N–H and O–H groups in total. The van der Waals surface area contributed by atoms with Crippen molar-refractivity contribution < 1.29 is 23.4 Å². The molecule has 0 aliphatic carbocycles. The van der Waals surface area contributed by atoms with E-state index in [4.69, 9.17) is 18.3 Å². The quantitative estimate of drug-likeness (QED) is 0.420. The summed E-state index contributed by atoms with van der Waals surface area (Å²) in [7, 11) is -3.12. The number of nitrogens with zero attached hydrogens (tertiary/aromatic N) is 2. The number of aliphatic hydroxyl groups is 1. The van der Waals surface area contributed by atoms with Gasteiger partial charge in [0.2, 0.25) is 0 Å². The smallest absolute Gasteiger partial charge is 0.333 e. The highest BCUT2D eigenvalue weighted by atomic mass is 28.4. The van der Waals surface area contributed by atoms with Crippen molar-refractivity contribution in [1.82, 2.24) is 9.13 Å². The molecule has 1 aromatic heterocycles. The Bertz CT molecular complexity index is 1270. The minimum atomic E-state index is -2.38. The molecule has 0 amide bonds. The standard InChI is InChI=1S/C29H48N2O7Si2/c1-28(2,3)39(8,9)37-24-22(19-32)36-26(25(24)38-40(10,11)29(4,5)6)30-17-16-23(33)31(27(30)34)18-20-12-14-21(35-7)15-13-20/h12-17,22,24-26,32H,18-19H2,1-11H3/t22-,24?,25?,26-/m1/s1. The van der Waals surface area contributed by atoms with Crippen LogP contribution >= 0.6 is 0 Å². The highest BCUT2D eigenvalue weighted by Gasteiger charge is 2.54. The zero-order chi connectivity index (χ0) is 30.3. The van der Waals surface area contributed by atoms with Crippen LogP contribution in [-0.2, 0) is 20.1 Å². The predicted molar refractivity (Wildman–Crippen MR) is 162 cm³/mol. The fourth-order valence-corrected chi connectivity index (χ4v) is 6.77. The molecular formula is C29H48N2O7Si2. The molecule has 2 aromatic rings. The van der Waals surface area contributed by atoms with Crippen LogP contribution < -0.4 is 16.0 Å². The van der Waals surface area contributed by atoms with Crippen molar-refractivity contribution in [2.45, 2.75) is 109 Å². The molecule has 1 aliphatic heterocycles. The summed E-state index contributed by atoms with van der Waals surface area (Å²) < 4.78 is 28.0. The van der Waals surface area contributed by atoms with Gasteiger partial charge in [-0.05, 0) is 54.0 Å². The Morgan fingerprint density at radius 3 is 1.88 bits per heavy atom. The van der Waals surface area contributed by atoms with Crippen LogP contribution in [0.1, 0.15) is 53.3 Å². The summed E-state index contributed by atoms with van der Waals surface area (Å²) >= 11 is 0. The molecule has 1 saturated heterocycles. The summed E-state index contributed by atoms with van der Waals surface area (Å²) in [5.74, 6) is 0.689. The van der Waals surface area contributed by atoms with E-state index in [2.05, 4.69) is 67.7 Å². The molecule has 9 nitrogen and oxygen atoms in total. The van der Waals surface area contributed by atoms with Gasteiger partial charge in [-0.15, -0.1) is 0 Å². The molecule has 0 spiro atoms. The number of ether oxygens (including phenoxy) is 2. The summed E-state index contributed by atoms with van der Waals surface area (Å²) in [5, 5.41) is 10.2. The van der Waals surface area contributed by atoms with E-state index in [1.165, 1.54) is 21.4 Å². The molecule has 4 atom stereocenters. The molecule has 1 aliphatic rings. The largest absolute Gasteiger partial charge is 0.497 e. The summed E-state index contributed by atoms with van der Waals surface area (Å²) in [4.78, 5) is 26.7. The van der Waals surface area contributed by atoms with Gasteiger partial charge in [0.25, 0.3) is 5.56 Å². The van der Waals surface area contributed by atoms with E-state index in [1.807, 2.05) is 12.1 Å². The molecule has 2 heterocycles. The molecular weight excluding hydrogens is 544 g/mol. The molecule has 2 unspecified atom stereocenters. The van der Waals surface area contributed by atoms with Crippen molar-refractivity contribution in [2.24, 2.45) is 0 Å². The maximum Gasteiger partial charge on any atom is 0.333 e. The summed E-state index contributed by atoms with van der Waals surface area (Å²) in [6.07, 6.45) is -1.35. The van der Waals surface area contributed by atoms with Crippen molar-refractivity contribution in [3.63, 3.8) is 0 Å². The van der Waals surface area contributed by atoms with Crippen LogP contribution in [0.5, 0.6) is 5.75 Å². The highest BCUT2D eigenvalue weighted by molar-refractivity contribution is 6.74. The summed E-state index contributed by atoms with van der Waals surface area (Å²) in [6.45, 7) is 21.3. The maximum absolute atomic E-state index is 13.8. The lowest BCUT2D eigenvalue weighted by molar-refractivity contribution is -0.0535. The first-order valence-corrected chi connectivity index (χ1v) is 19.7. The third kappa shape index (κ3) is 6.71. The first-order chi connectivity index (χ1) is 18.3. The van der Waals surface area contributed by atoms with Gasteiger partial charge in [-0.3, -0.25) is 13.9 Å². The normalized spacial score (nSPS) is 22.5. The van der Waals surface area contributed by atoms with E-state index in [0.717, 1.165) is 5.56 Å². The van der Waals surface area contributed by atoms with E-state index in [0.29, 0.717) is 5.75 Å². The van der Waals surface area contributed by atoms with Gasteiger partial charge in [0.05, 0.1) is 20.3 Å². The number of hydrogen-bond acceptors (Lipinski definition) is 7. The monoisotopic (exact) mass is 592 g/mol. The minimum absolute atomic E-state index is 0.0882. The van der Waals surface area contributed by atoms with Crippen molar-refractivity contribution in [2.75, 3.05) is 13.7 Å². The average Bonchev–Trinajstić information content (AvgIpc) is 3.16. The third-order valence-electron chi connectivity index (χ3n) is 8.81. The number of aliphatic hydroxyl groups excluding tert-OH is 1. The Kier molecular flexibility index (Phi) is 9.50. The second kappa shape index (κ2) is 11.7. The van der Waals surface area contributed by atoms with E-state index >= 15 is 0 Å². The van der Waals surface area contributed by atoms with Crippen LogP contribution in [0.25, 0.3) is 0 Å². The average molecular weight is 593 g/mol. The Balaban J connectivity index is 2.11. The van der Waals surface area contributed by atoms with Gasteiger partial charge in [0, 0.05) is 12.3 Å². The van der Waals surface area contributed by atoms with Gasteiger partial charge >= 0.3 is 5.69 Å². The third-order valence-corrected chi connectivity index (χ3v) is 17.8. The van der Waals surface area contributed by atoms with E-state index in [1.54, 1.807) is 19.2 Å². The van der Waals surface area contributed by atoms with E-state index < -0.39 is 52.4 Å². The molecule has 1 aromatic carbocycles. The first-order valence-electron chi connectivity index (χ1n) is 13.9. The van der Waals surface area contributed by atoms with Gasteiger partial charge in [-0.1, -0.05) is 53.7 Å². The molecule has 40 heavy (non-hydrogen) atoms. The lowest BCUT2D eigenvalue weighted by Gasteiger charge is -2.44. The summed E-state index contributed by atoms with van der Waals surface area (Å²) in [5.41, 5.74) is -0.141. The molecule has 224 valence electrons. The van der Waals surface area contributed by atoms with Crippen LogP contribution in [0.3, 0.4) is 0 Å². The Morgan fingerprint density at radius 1 is 0.875 bits per heavy atom. The second-order valence-electron chi connectivity index (χ2n) is 13.7. The SMILES string of the molecule is COc1ccc(Cn2c(=O)ccn([C@@H]3O[C@H](CO)C(O[Si](C)(C)C(C)(C)C)C3O[Si](C)(C)C(C)(C)C)c2=O)cc1. The maximum atomic E-state index is 13.8. The topological polar surface area (TPSA) is 101 Å². The second-order valence-corrected chi connectivity index (χ2v) is 23.2. The molecule has 1 fully saturated rings. The van der Waals surface area contributed by atoms with Gasteiger partial charge in [0.15, 0.2) is 22.9 Å². The van der Waals surface area contributed by atoms with Crippen molar-refractivity contribution in [1.29, 1.82) is 0 Å². The predicted octanol–water partition coefficient (Wildman–Crippen LogP) is 4.74. The van der Waals surface area contributed by atoms with Gasteiger partial charge in [-0.25, -0.2) is 4.79 Å². The molecule has 0 bridgehead atoms. The van der Waals surface area contributed by atoms with Crippen LogP contribution in [0.2, 0.25) is 36.3 Å².